The molecule has 5 rings (SSSR count). The van der Waals surface area contributed by atoms with Crippen molar-refractivity contribution in [2.75, 3.05) is 0 Å². The summed E-state index contributed by atoms with van der Waals surface area (Å²) in [5, 5.41) is 2.38. The Morgan fingerprint density at radius 3 is 2.44 bits per heavy atom. The van der Waals surface area contributed by atoms with Crippen LogP contribution in [0.5, 0.6) is 23.0 Å². The van der Waals surface area contributed by atoms with Gasteiger partial charge in [0.25, 0.3) is 0 Å². The van der Waals surface area contributed by atoms with Crippen molar-refractivity contribution in [3.05, 3.63) is 96.1 Å². The summed E-state index contributed by atoms with van der Waals surface area (Å²) >= 11 is 0. The zero-order valence-corrected chi connectivity index (χ0v) is 13.6. The van der Waals surface area contributed by atoms with Crippen molar-refractivity contribution < 1.29 is 9.47 Å². The van der Waals surface area contributed by atoms with E-state index < -0.39 is 0 Å². The number of fused-ring (bicyclic) bond motifs is 4. The first kappa shape index (κ1) is 14.1. The van der Waals surface area contributed by atoms with Crippen molar-refractivity contribution >= 4 is 10.8 Å². The molecule has 0 aromatic heterocycles. The van der Waals surface area contributed by atoms with E-state index in [1.54, 1.807) is 0 Å². The number of hydrogen-bond donors (Lipinski definition) is 0. The van der Waals surface area contributed by atoms with Crippen LogP contribution in [-0.4, -0.2) is 0 Å². The zero-order valence-electron chi connectivity index (χ0n) is 13.6. The smallest absolute Gasteiger partial charge is 0.174 e. The van der Waals surface area contributed by atoms with Gasteiger partial charge in [-0.25, -0.2) is 0 Å². The van der Waals surface area contributed by atoms with Crippen LogP contribution < -0.4 is 9.47 Å². The van der Waals surface area contributed by atoms with Gasteiger partial charge in [0.2, 0.25) is 0 Å². The average molecular weight is 324 g/mol. The number of ether oxygens (including phenoxy) is 2. The molecule has 0 fully saturated rings. The van der Waals surface area contributed by atoms with Crippen LogP contribution in [0, 0.1) is 0 Å². The third kappa shape index (κ3) is 2.43. The third-order valence-electron chi connectivity index (χ3n) is 4.59. The van der Waals surface area contributed by atoms with Gasteiger partial charge in [-0.3, -0.25) is 0 Å². The van der Waals surface area contributed by atoms with E-state index in [0.29, 0.717) is 0 Å². The lowest BCUT2D eigenvalue weighted by atomic mass is 9.94. The fourth-order valence-electron chi connectivity index (χ4n) is 3.40. The van der Waals surface area contributed by atoms with Crippen LogP contribution >= 0.6 is 0 Å². The maximum Gasteiger partial charge on any atom is 0.174 e. The molecule has 4 aromatic rings. The van der Waals surface area contributed by atoms with Crippen molar-refractivity contribution in [1.29, 1.82) is 0 Å². The highest BCUT2D eigenvalue weighted by Crippen LogP contribution is 2.47. The summed E-state index contributed by atoms with van der Waals surface area (Å²) in [6.45, 7) is 0. The monoisotopic (exact) mass is 324 g/mol. The maximum absolute atomic E-state index is 6.26. The van der Waals surface area contributed by atoms with E-state index >= 15 is 0 Å². The Hall–Kier alpha value is -3.26. The highest BCUT2D eigenvalue weighted by Gasteiger charge is 2.23. The molecule has 2 nitrogen and oxygen atoms in total. The SMILES string of the molecule is c1ccc(Oc2cc3ccccc3c3c2Oc2ccccc2C3)cc1. The van der Waals surface area contributed by atoms with Crippen LogP contribution in [0.3, 0.4) is 0 Å². The lowest BCUT2D eigenvalue weighted by Gasteiger charge is -2.24. The summed E-state index contributed by atoms with van der Waals surface area (Å²) in [6, 6.07) is 28.5. The first-order valence-electron chi connectivity index (χ1n) is 8.42. The molecule has 0 unspecified atom stereocenters. The minimum atomic E-state index is 0.759. The van der Waals surface area contributed by atoms with Gasteiger partial charge in [0.05, 0.1) is 0 Å². The van der Waals surface area contributed by atoms with E-state index in [1.165, 1.54) is 16.5 Å². The Labute approximate surface area is 146 Å². The second-order valence-electron chi connectivity index (χ2n) is 6.21. The van der Waals surface area contributed by atoms with E-state index in [1.807, 2.05) is 42.5 Å². The summed E-state index contributed by atoms with van der Waals surface area (Å²) in [5.74, 6) is 3.29. The molecule has 0 bridgehead atoms. The molecule has 120 valence electrons. The lowest BCUT2D eigenvalue weighted by Crippen LogP contribution is -2.05. The molecule has 25 heavy (non-hydrogen) atoms. The predicted octanol–water partition coefficient (Wildman–Crippen LogP) is 6.33. The molecule has 0 aliphatic carbocycles. The molecule has 1 aliphatic heterocycles. The third-order valence-corrected chi connectivity index (χ3v) is 4.59. The van der Waals surface area contributed by atoms with Crippen LogP contribution in [0.1, 0.15) is 11.1 Å². The Morgan fingerprint density at radius 2 is 1.52 bits per heavy atom. The van der Waals surface area contributed by atoms with Crippen molar-refractivity contribution in [2.24, 2.45) is 0 Å². The van der Waals surface area contributed by atoms with Crippen LogP contribution in [0.25, 0.3) is 10.8 Å². The molecular weight excluding hydrogens is 308 g/mol. The number of benzene rings is 4. The van der Waals surface area contributed by atoms with Gasteiger partial charge >= 0.3 is 0 Å². The molecule has 1 aliphatic rings. The standard InChI is InChI=1S/C23H16O2/c1-2-10-18(11-3-1)24-22-15-16-8-4-6-12-19(16)20-14-17-9-5-7-13-21(17)25-23(20)22/h1-13,15H,14H2. The second kappa shape index (κ2) is 5.67. The van der Waals surface area contributed by atoms with E-state index in [0.717, 1.165) is 34.8 Å². The van der Waals surface area contributed by atoms with Gasteiger partial charge < -0.3 is 9.47 Å². The zero-order chi connectivity index (χ0) is 16.6. The Bertz CT molecular complexity index is 1070. The lowest BCUT2D eigenvalue weighted by molar-refractivity contribution is 0.407. The molecule has 0 atom stereocenters. The average Bonchev–Trinajstić information content (AvgIpc) is 2.68. The van der Waals surface area contributed by atoms with Crippen LogP contribution in [0.2, 0.25) is 0 Å². The first-order chi connectivity index (χ1) is 12.4. The van der Waals surface area contributed by atoms with Crippen LogP contribution in [0.4, 0.5) is 0 Å². The highest BCUT2D eigenvalue weighted by molar-refractivity contribution is 5.91. The van der Waals surface area contributed by atoms with E-state index in [9.17, 15) is 0 Å². The molecule has 0 saturated carbocycles. The molecule has 0 N–H and O–H groups in total. The van der Waals surface area contributed by atoms with Crippen molar-refractivity contribution in [3.63, 3.8) is 0 Å². The number of para-hydroxylation sites is 2. The van der Waals surface area contributed by atoms with Crippen molar-refractivity contribution in [1.82, 2.24) is 0 Å². The Morgan fingerprint density at radius 1 is 0.760 bits per heavy atom. The quantitative estimate of drug-likeness (QED) is 0.378. The number of hydrogen-bond acceptors (Lipinski definition) is 2. The fourth-order valence-corrected chi connectivity index (χ4v) is 3.40. The molecule has 0 amide bonds. The highest BCUT2D eigenvalue weighted by atomic mass is 16.5. The second-order valence-corrected chi connectivity index (χ2v) is 6.21. The molecular formula is C23H16O2. The normalized spacial score (nSPS) is 12.2. The van der Waals surface area contributed by atoms with Crippen molar-refractivity contribution in [3.8, 4) is 23.0 Å². The van der Waals surface area contributed by atoms with Gasteiger partial charge in [0.15, 0.2) is 11.5 Å². The minimum Gasteiger partial charge on any atom is -0.453 e. The van der Waals surface area contributed by atoms with Gasteiger partial charge in [-0.2, -0.15) is 0 Å². The summed E-state index contributed by atoms with van der Waals surface area (Å²) in [4.78, 5) is 0. The van der Waals surface area contributed by atoms with E-state index in [4.69, 9.17) is 9.47 Å². The molecule has 0 saturated heterocycles. The molecule has 0 spiro atoms. The Balaban J connectivity index is 1.71. The summed E-state index contributed by atoms with van der Waals surface area (Å²) < 4.78 is 12.4. The summed E-state index contributed by atoms with van der Waals surface area (Å²) in [7, 11) is 0. The maximum atomic E-state index is 6.26. The van der Waals surface area contributed by atoms with Gasteiger partial charge in [0.1, 0.15) is 11.5 Å². The predicted molar refractivity (Wildman–Crippen MR) is 99.8 cm³/mol. The first-order valence-corrected chi connectivity index (χ1v) is 8.42. The van der Waals surface area contributed by atoms with Gasteiger partial charge in [0, 0.05) is 12.0 Å². The van der Waals surface area contributed by atoms with Crippen LogP contribution in [0.15, 0.2) is 84.9 Å². The number of rotatable bonds is 2. The van der Waals surface area contributed by atoms with Gasteiger partial charge in [-0.15, -0.1) is 0 Å². The van der Waals surface area contributed by atoms with E-state index in [-0.39, 0.29) is 0 Å². The van der Waals surface area contributed by atoms with Crippen LogP contribution in [-0.2, 0) is 6.42 Å². The van der Waals surface area contributed by atoms with Gasteiger partial charge in [-0.05, 0) is 40.6 Å². The topological polar surface area (TPSA) is 18.5 Å². The molecule has 4 aromatic carbocycles. The largest absolute Gasteiger partial charge is 0.453 e. The van der Waals surface area contributed by atoms with E-state index in [2.05, 4.69) is 42.5 Å². The molecule has 1 heterocycles. The summed E-state index contributed by atoms with van der Waals surface area (Å²) in [6.07, 6.45) is 0.845. The Kier molecular flexibility index (Phi) is 3.20. The molecule has 2 heteroatoms. The van der Waals surface area contributed by atoms with Crippen molar-refractivity contribution in [2.45, 2.75) is 6.42 Å². The molecule has 0 radical (unpaired) electrons. The van der Waals surface area contributed by atoms with Gasteiger partial charge in [-0.1, -0.05) is 60.7 Å². The summed E-state index contributed by atoms with van der Waals surface area (Å²) in [5.41, 5.74) is 2.39. The minimum absolute atomic E-state index is 0.759. The fraction of sp³-hybridized carbons (Fsp3) is 0.0435.